The molecule has 2 N–H and O–H groups in total. The summed E-state index contributed by atoms with van der Waals surface area (Å²) in [5.74, 6) is -1.11. The van der Waals surface area contributed by atoms with E-state index in [4.69, 9.17) is 19.0 Å². The molecule has 2 aliphatic carbocycles. The molecule has 6 atom stereocenters. The molecule has 1 heterocycles. The molecule has 0 saturated heterocycles. The van der Waals surface area contributed by atoms with Gasteiger partial charge in [0.25, 0.3) is 11.6 Å². The fourth-order valence-corrected chi connectivity index (χ4v) is 9.11. The number of ether oxygens (including phenoxy) is 3. The van der Waals surface area contributed by atoms with Crippen molar-refractivity contribution in [2.75, 3.05) is 33.5 Å². The van der Waals surface area contributed by atoms with E-state index < -0.39 is 22.7 Å². The van der Waals surface area contributed by atoms with Crippen LogP contribution in [-0.2, 0) is 9.57 Å². The molecule has 3 aromatic rings. The van der Waals surface area contributed by atoms with E-state index in [2.05, 4.69) is 23.9 Å². The number of benzene rings is 3. The highest BCUT2D eigenvalue weighted by molar-refractivity contribution is 6.03. The van der Waals surface area contributed by atoms with Crippen molar-refractivity contribution in [1.82, 2.24) is 4.90 Å². The molecule has 1 aliphatic heterocycles. The van der Waals surface area contributed by atoms with Gasteiger partial charge in [0.1, 0.15) is 30.4 Å². The summed E-state index contributed by atoms with van der Waals surface area (Å²) in [5.41, 5.74) is 3.20. The lowest BCUT2D eigenvalue weighted by Crippen LogP contribution is -2.70. The molecule has 0 aromatic heterocycles. The second-order valence-corrected chi connectivity index (χ2v) is 15.0. The molecule has 0 spiro atoms. The van der Waals surface area contributed by atoms with Gasteiger partial charge in [-0.05, 0) is 98.0 Å². The maximum absolute atomic E-state index is 14.7. The number of allylic oxidation sites excluding steroid dienone is 1. The minimum absolute atomic E-state index is 0.00203. The van der Waals surface area contributed by atoms with Gasteiger partial charge in [-0.3, -0.25) is 14.9 Å². The first-order chi connectivity index (χ1) is 28.2. The number of oxime groups is 1. The molecule has 58 heavy (non-hydrogen) atoms. The molecule has 13 nitrogen and oxygen atoms in total. The fourth-order valence-electron chi connectivity index (χ4n) is 9.11. The molecular formula is C45H52N4O9. The predicted molar refractivity (Wildman–Crippen MR) is 218 cm³/mol. The molecular weight excluding hydrogens is 741 g/mol. The van der Waals surface area contributed by atoms with Crippen molar-refractivity contribution < 1.29 is 39.0 Å². The van der Waals surface area contributed by atoms with Gasteiger partial charge in [0.15, 0.2) is 0 Å². The van der Waals surface area contributed by atoms with Gasteiger partial charge in [0.2, 0.25) is 5.79 Å². The summed E-state index contributed by atoms with van der Waals surface area (Å²) in [6.45, 7) is 6.61. The summed E-state index contributed by atoms with van der Waals surface area (Å²) < 4.78 is 20.5. The lowest BCUT2D eigenvalue weighted by Gasteiger charge is -2.60. The number of nitro groups is 1. The van der Waals surface area contributed by atoms with E-state index in [1.165, 1.54) is 19.2 Å². The van der Waals surface area contributed by atoms with E-state index in [0.717, 1.165) is 36.8 Å². The number of non-ortho nitro benzene ring substituents is 1. The lowest BCUT2D eigenvalue weighted by atomic mass is 9.55. The van der Waals surface area contributed by atoms with Crippen LogP contribution in [0.2, 0.25) is 0 Å². The molecule has 6 rings (SSSR count). The average Bonchev–Trinajstić information content (AvgIpc) is 3.24. The summed E-state index contributed by atoms with van der Waals surface area (Å²) >= 11 is 0. The normalized spacial score (nSPS) is 23.7. The molecule has 3 aliphatic rings. The third-order valence-corrected chi connectivity index (χ3v) is 11.5. The van der Waals surface area contributed by atoms with Gasteiger partial charge < -0.3 is 34.2 Å². The number of amides is 1. The number of fused-ring (bicyclic) bond motifs is 2. The Labute approximate surface area is 339 Å². The van der Waals surface area contributed by atoms with Crippen LogP contribution in [-0.4, -0.2) is 77.0 Å². The van der Waals surface area contributed by atoms with E-state index in [1.54, 1.807) is 48.5 Å². The minimum Gasteiger partial charge on any atom is -0.459 e. The van der Waals surface area contributed by atoms with Crippen LogP contribution in [0.1, 0.15) is 85.7 Å². The second kappa shape index (κ2) is 19.3. The fraction of sp³-hybridized carbons (Fsp3) is 0.444. The average molecular weight is 793 g/mol. The molecule has 0 radical (unpaired) electrons. The zero-order valence-corrected chi connectivity index (χ0v) is 33.1. The monoisotopic (exact) mass is 792 g/mol. The molecule has 1 fully saturated rings. The van der Waals surface area contributed by atoms with Crippen LogP contribution < -0.4 is 9.47 Å². The largest absolute Gasteiger partial charge is 0.459 e. The number of unbranched alkanes of at least 4 members (excludes halogenated alkanes) is 2. The van der Waals surface area contributed by atoms with E-state index in [-0.39, 0.29) is 55.6 Å². The van der Waals surface area contributed by atoms with Crippen LogP contribution in [0, 0.1) is 39.2 Å². The van der Waals surface area contributed by atoms with Gasteiger partial charge in [-0.25, -0.2) is 0 Å². The maximum atomic E-state index is 14.7. The van der Waals surface area contributed by atoms with Gasteiger partial charge in [-0.15, -0.1) is 6.58 Å². The first-order valence-corrected chi connectivity index (χ1v) is 20.1. The number of rotatable bonds is 19. The summed E-state index contributed by atoms with van der Waals surface area (Å²) in [6, 6.07) is 19.6. The highest BCUT2D eigenvalue weighted by Gasteiger charge is 2.65. The zero-order chi connectivity index (χ0) is 41.2. The van der Waals surface area contributed by atoms with Crippen molar-refractivity contribution in [3.05, 3.63) is 118 Å². The van der Waals surface area contributed by atoms with Gasteiger partial charge in [-0.1, -0.05) is 43.1 Å². The van der Waals surface area contributed by atoms with Gasteiger partial charge in [0.05, 0.1) is 40.9 Å². The Hall–Kier alpha value is -5.55. The maximum Gasteiger partial charge on any atom is 0.273 e. The Morgan fingerprint density at radius 1 is 1.09 bits per heavy atom. The smallest absolute Gasteiger partial charge is 0.273 e. The molecule has 0 bridgehead atoms. The van der Waals surface area contributed by atoms with E-state index >= 15 is 0 Å². The Bertz CT molecular complexity index is 2040. The standard InChI is InChI=1S/C45H52N4O9/c1-4-21-48(44(52)31-17-15-30(29-46)16-18-31)41-28-39(47-55-3)37-25-32(11-6-8-22-50)36(14-7-9-23-51)42-38-27-35(57-34-13-10-12-33(26-34)49(53)54)19-20-40(38)58-45(41,43(37)42)56-24-5-2/h5,10,12-13,15-20,25-27,32,36,41-43,50-51H,2,4,6-9,11,14,21-24,28H2,1,3H3. The third kappa shape index (κ3) is 8.65. The van der Waals surface area contributed by atoms with E-state index in [1.807, 2.05) is 24.0 Å². The SMILES string of the molecule is C=CCOC12Oc3ccc(Oc4cccc([N+](=O)[O-])c4)cc3C3C(CCCCO)C(CCCCO)C=C(C(=NOC)CC1N(CCC)C(=O)c1ccc(C#N)cc1)C32. The Morgan fingerprint density at radius 2 is 1.83 bits per heavy atom. The quantitative estimate of drug-likeness (QED) is 0.0522. The number of aliphatic hydroxyl groups is 2. The number of nitro benzene ring substituents is 1. The lowest BCUT2D eigenvalue weighted by molar-refractivity contribution is -0.384. The summed E-state index contributed by atoms with van der Waals surface area (Å²) in [7, 11) is 1.51. The van der Waals surface area contributed by atoms with E-state index in [9.17, 15) is 30.4 Å². The number of nitriles is 1. The molecule has 13 heteroatoms. The van der Waals surface area contributed by atoms with E-state index in [0.29, 0.717) is 59.9 Å². The van der Waals surface area contributed by atoms with Crippen LogP contribution in [0.3, 0.4) is 0 Å². The van der Waals surface area contributed by atoms with Gasteiger partial charge in [0, 0.05) is 49.3 Å². The highest BCUT2D eigenvalue weighted by atomic mass is 16.7. The zero-order valence-electron chi connectivity index (χ0n) is 33.1. The number of nitrogens with zero attached hydrogens (tertiary/aromatic N) is 4. The number of carbonyl (C=O) groups excluding carboxylic acids is 1. The first kappa shape index (κ1) is 42.1. The molecule has 1 saturated carbocycles. The molecule has 3 aromatic carbocycles. The first-order valence-electron chi connectivity index (χ1n) is 20.1. The highest BCUT2D eigenvalue weighted by Crippen LogP contribution is 2.62. The molecule has 306 valence electrons. The minimum atomic E-state index is -1.43. The number of hydrogen-bond acceptors (Lipinski definition) is 11. The molecule has 6 unspecified atom stereocenters. The number of hydrogen-bond donors (Lipinski definition) is 2. The topological polar surface area (TPSA) is 177 Å². The van der Waals surface area contributed by atoms with Crippen LogP contribution in [0.15, 0.2) is 96.2 Å². The third-order valence-electron chi connectivity index (χ3n) is 11.5. The van der Waals surface area contributed by atoms with Crippen LogP contribution in [0.25, 0.3) is 0 Å². The van der Waals surface area contributed by atoms with Crippen molar-refractivity contribution in [3.63, 3.8) is 0 Å². The van der Waals surface area contributed by atoms with Crippen LogP contribution in [0.5, 0.6) is 17.2 Å². The molecule has 1 amide bonds. The number of carbonyl (C=O) groups is 1. The van der Waals surface area contributed by atoms with Crippen molar-refractivity contribution in [3.8, 4) is 23.3 Å². The van der Waals surface area contributed by atoms with Crippen molar-refractivity contribution in [1.29, 1.82) is 5.26 Å². The summed E-state index contributed by atoms with van der Waals surface area (Å²) in [4.78, 5) is 33.2. The number of aliphatic hydroxyl groups excluding tert-OH is 2. The summed E-state index contributed by atoms with van der Waals surface area (Å²) in [5, 5.41) is 45.4. The van der Waals surface area contributed by atoms with Crippen LogP contribution >= 0.6 is 0 Å². The Kier molecular flexibility index (Phi) is 14.0. The Morgan fingerprint density at radius 3 is 2.50 bits per heavy atom. The van der Waals surface area contributed by atoms with Crippen molar-refractivity contribution >= 4 is 17.3 Å². The van der Waals surface area contributed by atoms with Crippen molar-refractivity contribution in [2.45, 2.75) is 76.0 Å². The van der Waals surface area contributed by atoms with Gasteiger partial charge in [-0.2, -0.15) is 5.26 Å². The van der Waals surface area contributed by atoms with Crippen molar-refractivity contribution in [2.24, 2.45) is 22.9 Å². The van der Waals surface area contributed by atoms with Crippen LogP contribution in [0.4, 0.5) is 5.69 Å². The van der Waals surface area contributed by atoms with Gasteiger partial charge >= 0.3 is 0 Å². The Balaban J connectivity index is 1.58. The summed E-state index contributed by atoms with van der Waals surface area (Å²) in [6.07, 6.45) is 9.19. The second-order valence-electron chi connectivity index (χ2n) is 15.0. The predicted octanol–water partition coefficient (Wildman–Crippen LogP) is 8.07.